The molecule has 0 saturated carbocycles. The van der Waals surface area contributed by atoms with Gasteiger partial charge in [0.15, 0.2) is 11.8 Å². The quantitative estimate of drug-likeness (QED) is 0.801. The van der Waals surface area contributed by atoms with Crippen LogP contribution in [-0.4, -0.2) is 24.8 Å². The Balaban J connectivity index is 1.99. The molecule has 2 aromatic carbocycles. The molecule has 0 aromatic heterocycles. The fraction of sp³-hybridized carbons (Fsp3) is 0.263. The van der Waals surface area contributed by atoms with Gasteiger partial charge in [-0.1, -0.05) is 42.5 Å². The first-order chi connectivity index (χ1) is 11.0. The van der Waals surface area contributed by atoms with Crippen LogP contribution in [0.4, 0.5) is 5.69 Å². The Morgan fingerprint density at radius 1 is 1.09 bits per heavy atom. The van der Waals surface area contributed by atoms with Gasteiger partial charge in [-0.2, -0.15) is 0 Å². The second kappa shape index (κ2) is 7.70. The third-order valence-electron chi connectivity index (χ3n) is 3.99. The van der Waals surface area contributed by atoms with Crippen LogP contribution in [0.15, 0.2) is 54.6 Å². The second-order valence-corrected chi connectivity index (χ2v) is 5.86. The predicted molar refractivity (Wildman–Crippen MR) is 91.6 cm³/mol. The molecule has 2 rings (SSSR count). The maximum atomic E-state index is 12.4. The van der Waals surface area contributed by atoms with E-state index in [1.54, 1.807) is 24.3 Å². The lowest BCUT2D eigenvalue weighted by molar-refractivity contribution is -0.907. The van der Waals surface area contributed by atoms with Gasteiger partial charge in [-0.3, -0.25) is 9.59 Å². The first-order valence-electron chi connectivity index (χ1n) is 7.75. The summed E-state index contributed by atoms with van der Waals surface area (Å²) in [5.41, 5.74) is 2.45. The summed E-state index contributed by atoms with van der Waals surface area (Å²) < 4.78 is 0. The van der Waals surface area contributed by atoms with Crippen molar-refractivity contribution in [2.24, 2.45) is 0 Å². The van der Waals surface area contributed by atoms with Gasteiger partial charge in [0.2, 0.25) is 0 Å². The first-order valence-corrected chi connectivity index (χ1v) is 7.75. The Hall–Kier alpha value is -2.46. The monoisotopic (exact) mass is 311 g/mol. The topological polar surface area (TPSA) is 50.6 Å². The fourth-order valence-electron chi connectivity index (χ4n) is 2.36. The number of carbonyl (C=O) groups excluding carboxylic acids is 2. The van der Waals surface area contributed by atoms with E-state index in [4.69, 9.17) is 0 Å². The average Bonchev–Trinajstić information content (AvgIpc) is 2.55. The molecule has 120 valence electrons. The third-order valence-corrected chi connectivity index (χ3v) is 3.99. The molecule has 2 atom stereocenters. The van der Waals surface area contributed by atoms with Crippen molar-refractivity contribution in [2.75, 3.05) is 12.4 Å². The maximum absolute atomic E-state index is 12.4. The van der Waals surface area contributed by atoms with Crippen LogP contribution in [0, 0.1) is 0 Å². The van der Waals surface area contributed by atoms with E-state index in [1.165, 1.54) is 12.5 Å². The van der Waals surface area contributed by atoms with E-state index in [-0.39, 0.29) is 17.7 Å². The van der Waals surface area contributed by atoms with E-state index < -0.39 is 0 Å². The molecule has 2 aromatic rings. The van der Waals surface area contributed by atoms with Crippen molar-refractivity contribution in [1.82, 2.24) is 0 Å². The molecule has 0 bridgehead atoms. The minimum absolute atomic E-state index is 0.0130. The van der Waals surface area contributed by atoms with Crippen LogP contribution in [0.25, 0.3) is 0 Å². The number of quaternary nitrogens is 1. The molecule has 0 heterocycles. The van der Waals surface area contributed by atoms with E-state index in [2.05, 4.69) is 17.4 Å². The molecule has 0 aliphatic rings. The number of rotatable bonds is 6. The van der Waals surface area contributed by atoms with Gasteiger partial charge < -0.3 is 10.2 Å². The summed E-state index contributed by atoms with van der Waals surface area (Å²) in [7, 11) is 2.00. The predicted octanol–water partition coefficient (Wildman–Crippen LogP) is 1.93. The van der Waals surface area contributed by atoms with Gasteiger partial charge in [-0.05, 0) is 26.0 Å². The number of nitrogens with one attached hydrogen (secondary N) is 2. The number of likely N-dealkylation sites (N-methyl/N-ethyl adjacent to an activating group) is 1. The average molecular weight is 311 g/mol. The number of Topliss-reactive ketones (excluding diaryl/α,β-unsaturated/α-hetero) is 1. The molecule has 0 spiro atoms. The van der Waals surface area contributed by atoms with E-state index in [9.17, 15) is 9.59 Å². The standard InChI is InChI=1S/C19H22N2O2/c1-14(21(3)13-16-8-5-4-6-9-16)19(23)20-18-11-7-10-17(12-18)15(2)22/h4-12,14H,13H2,1-3H3,(H,20,23)/p+1/t14-/m0/s1. The molecule has 4 nitrogen and oxygen atoms in total. The van der Waals surface area contributed by atoms with Gasteiger partial charge in [0.1, 0.15) is 6.54 Å². The highest BCUT2D eigenvalue weighted by molar-refractivity contribution is 5.97. The highest BCUT2D eigenvalue weighted by Gasteiger charge is 2.22. The van der Waals surface area contributed by atoms with Crippen LogP contribution in [-0.2, 0) is 11.3 Å². The summed E-state index contributed by atoms with van der Waals surface area (Å²) in [6, 6.07) is 16.9. The molecule has 1 amide bonds. The zero-order valence-electron chi connectivity index (χ0n) is 13.8. The van der Waals surface area contributed by atoms with Crippen LogP contribution in [0.1, 0.15) is 29.8 Å². The highest BCUT2D eigenvalue weighted by atomic mass is 16.2. The summed E-state index contributed by atoms with van der Waals surface area (Å²) in [5.74, 6) is -0.0694. The van der Waals surface area contributed by atoms with Crippen molar-refractivity contribution in [3.63, 3.8) is 0 Å². The minimum Gasteiger partial charge on any atom is -0.324 e. The Morgan fingerprint density at radius 3 is 2.43 bits per heavy atom. The van der Waals surface area contributed by atoms with Crippen LogP contribution < -0.4 is 10.2 Å². The summed E-state index contributed by atoms with van der Waals surface area (Å²) in [4.78, 5) is 24.9. The van der Waals surface area contributed by atoms with Crippen molar-refractivity contribution in [2.45, 2.75) is 26.4 Å². The maximum Gasteiger partial charge on any atom is 0.282 e. The largest absolute Gasteiger partial charge is 0.324 e. The van der Waals surface area contributed by atoms with Gasteiger partial charge in [0.25, 0.3) is 5.91 Å². The van der Waals surface area contributed by atoms with Crippen molar-refractivity contribution in [3.8, 4) is 0 Å². The highest BCUT2D eigenvalue weighted by Crippen LogP contribution is 2.11. The molecule has 4 heteroatoms. The van der Waals surface area contributed by atoms with Crippen LogP contribution in [0.2, 0.25) is 0 Å². The van der Waals surface area contributed by atoms with Crippen molar-refractivity contribution in [1.29, 1.82) is 0 Å². The number of benzene rings is 2. The zero-order valence-corrected chi connectivity index (χ0v) is 13.8. The van der Waals surface area contributed by atoms with E-state index in [1.807, 2.05) is 32.2 Å². The third kappa shape index (κ3) is 4.76. The molecule has 23 heavy (non-hydrogen) atoms. The first kappa shape index (κ1) is 16.9. The lowest BCUT2D eigenvalue weighted by atomic mass is 10.1. The molecule has 0 saturated heterocycles. The van der Waals surface area contributed by atoms with Gasteiger partial charge in [-0.25, -0.2) is 0 Å². The number of hydrogen-bond acceptors (Lipinski definition) is 2. The Morgan fingerprint density at radius 2 is 1.78 bits per heavy atom. The summed E-state index contributed by atoms with van der Waals surface area (Å²) in [5, 5.41) is 2.89. The Kier molecular flexibility index (Phi) is 5.66. The molecule has 1 unspecified atom stereocenters. The lowest BCUT2D eigenvalue weighted by Crippen LogP contribution is -3.12. The normalized spacial score (nSPS) is 13.2. The SMILES string of the molecule is CC(=O)c1cccc(NC(=O)[C@H](C)[NH+](C)Cc2ccccc2)c1. The number of ketones is 1. The number of amides is 1. The van der Waals surface area contributed by atoms with Crippen molar-refractivity contribution in [3.05, 3.63) is 65.7 Å². The Bertz CT molecular complexity index is 683. The van der Waals surface area contributed by atoms with Gasteiger partial charge in [0, 0.05) is 16.8 Å². The molecule has 2 N–H and O–H groups in total. The van der Waals surface area contributed by atoms with Crippen molar-refractivity contribution >= 4 is 17.4 Å². The summed E-state index contributed by atoms with van der Waals surface area (Å²) in [6.45, 7) is 4.20. The summed E-state index contributed by atoms with van der Waals surface area (Å²) >= 11 is 0. The number of anilines is 1. The van der Waals surface area contributed by atoms with Crippen LogP contribution in [0.5, 0.6) is 0 Å². The van der Waals surface area contributed by atoms with E-state index in [0.717, 1.165) is 11.4 Å². The lowest BCUT2D eigenvalue weighted by Gasteiger charge is -2.21. The smallest absolute Gasteiger partial charge is 0.282 e. The molecule has 0 aliphatic heterocycles. The van der Waals surface area contributed by atoms with Crippen LogP contribution in [0.3, 0.4) is 0 Å². The molecular formula is C19H23N2O2+. The molecule has 0 radical (unpaired) electrons. The number of carbonyl (C=O) groups is 2. The zero-order chi connectivity index (χ0) is 16.8. The second-order valence-electron chi connectivity index (χ2n) is 5.86. The van der Waals surface area contributed by atoms with E-state index >= 15 is 0 Å². The summed E-state index contributed by atoms with van der Waals surface area (Å²) in [6.07, 6.45) is 0. The number of hydrogen-bond donors (Lipinski definition) is 2. The minimum atomic E-state index is -0.198. The van der Waals surface area contributed by atoms with Crippen molar-refractivity contribution < 1.29 is 14.5 Å². The molecule has 0 aliphatic carbocycles. The Labute approximate surface area is 137 Å². The van der Waals surface area contributed by atoms with E-state index in [0.29, 0.717) is 11.3 Å². The van der Waals surface area contributed by atoms with Crippen LogP contribution >= 0.6 is 0 Å². The molecular weight excluding hydrogens is 288 g/mol. The van der Waals surface area contributed by atoms with Gasteiger partial charge in [-0.15, -0.1) is 0 Å². The molecule has 0 fully saturated rings. The van der Waals surface area contributed by atoms with Gasteiger partial charge >= 0.3 is 0 Å². The fourth-order valence-corrected chi connectivity index (χ4v) is 2.36. The van der Waals surface area contributed by atoms with Gasteiger partial charge in [0.05, 0.1) is 7.05 Å².